The molecule has 0 heterocycles. The SMILES string of the molecule is O[C@@H]1C[C@@H](CI)C[C@@H]1O. The van der Waals surface area contributed by atoms with E-state index < -0.39 is 12.2 Å². The standard InChI is InChI=1S/C6H11IO2/c7-3-4-1-5(8)6(9)2-4/h4-6,8-9H,1-3H2/t4-,5-,6+. The third kappa shape index (κ3) is 1.78. The lowest BCUT2D eigenvalue weighted by Crippen LogP contribution is -2.17. The second-order valence-electron chi connectivity index (χ2n) is 2.63. The fraction of sp³-hybridized carbons (Fsp3) is 1.00. The van der Waals surface area contributed by atoms with Crippen LogP contribution in [-0.4, -0.2) is 26.8 Å². The Kier molecular flexibility index (Phi) is 2.73. The number of hydrogen-bond acceptors (Lipinski definition) is 2. The van der Waals surface area contributed by atoms with Gasteiger partial charge in [-0.05, 0) is 18.8 Å². The lowest BCUT2D eigenvalue weighted by molar-refractivity contribution is 0.0438. The van der Waals surface area contributed by atoms with Crippen molar-refractivity contribution in [1.29, 1.82) is 0 Å². The molecule has 1 rings (SSSR count). The summed E-state index contributed by atoms with van der Waals surface area (Å²) in [6.07, 6.45) is 0.656. The highest BCUT2D eigenvalue weighted by Gasteiger charge is 2.30. The summed E-state index contributed by atoms with van der Waals surface area (Å²) in [4.78, 5) is 0. The van der Waals surface area contributed by atoms with Gasteiger partial charge in [-0.3, -0.25) is 0 Å². The van der Waals surface area contributed by atoms with Crippen molar-refractivity contribution in [3.05, 3.63) is 0 Å². The fourth-order valence-electron chi connectivity index (χ4n) is 1.22. The number of halogens is 1. The lowest BCUT2D eigenvalue weighted by Gasteiger charge is -2.03. The molecule has 9 heavy (non-hydrogen) atoms. The second-order valence-corrected chi connectivity index (χ2v) is 3.51. The normalized spacial score (nSPS) is 43.7. The molecule has 0 aromatic rings. The Balaban J connectivity index is 2.35. The summed E-state index contributed by atoms with van der Waals surface area (Å²) in [7, 11) is 0. The first-order valence-corrected chi connectivity index (χ1v) is 4.68. The Morgan fingerprint density at radius 2 is 1.67 bits per heavy atom. The van der Waals surface area contributed by atoms with Crippen LogP contribution in [0.1, 0.15) is 12.8 Å². The zero-order valence-corrected chi connectivity index (χ0v) is 7.28. The van der Waals surface area contributed by atoms with Gasteiger partial charge >= 0.3 is 0 Å². The Bertz CT molecular complexity index is 87.1. The van der Waals surface area contributed by atoms with E-state index in [0.29, 0.717) is 5.92 Å². The van der Waals surface area contributed by atoms with Gasteiger partial charge in [0.15, 0.2) is 0 Å². The van der Waals surface area contributed by atoms with Gasteiger partial charge in [-0.1, -0.05) is 22.6 Å². The smallest absolute Gasteiger partial charge is 0.0802 e. The molecular formula is C6H11IO2. The van der Waals surface area contributed by atoms with Crippen molar-refractivity contribution < 1.29 is 10.2 Å². The van der Waals surface area contributed by atoms with Gasteiger partial charge in [0.05, 0.1) is 12.2 Å². The first-order chi connectivity index (χ1) is 4.24. The van der Waals surface area contributed by atoms with Crippen molar-refractivity contribution in [2.75, 3.05) is 4.43 Å². The van der Waals surface area contributed by atoms with Crippen molar-refractivity contribution in [2.24, 2.45) is 5.92 Å². The lowest BCUT2D eigenvalue weighted by atomic mass is 10.1. The van der Waals surface area contributed by atoms with E-state index in [-0.39, 0.29) is 0 Å². The van der Waals surface area contributed by atoms with E-state index >= 15 is 0 Å². The molecule has 1 aliphatic carbocycles. The topological polar surface area (TPSA) is 40.5 Å². The van der Waals surface area contributed by atoms with Crippen molar-refractivity contribution >= 4 is 22.6 Å². The number of aliphatic hydroxyl groups is 2. The van der Waals surface area contributed by atoms with Crippen molar-refractivity contribution in [2.45, 2.75) is 25.0 Å². The van der Waals surface area contributed by atoms with Crippen LogP contribution < -0.4 is 0 Å². The largest absolute Gasteiger partial charge is 0.390 e. The van der Waals surface area contributed by atoms with E-state index in [1.54, 1.807) is 0 Å². The molecule has 0 aromatic heterocycles. The number of hydrogen-bond donors (Lipinski definition) is 2. The predicted octanol–water partition coefficient (Wildman–Crippen LogP) is 0.553. The minimum absolute atomic E-state index is 0.454. The average molecular weight is 242 g/mol. The zero-order valence-electron chi connectivity index (χ0n) is 5.13. The third-order valence-corrected chi connectivity index (χ3v) is 3.06. The van der Waals surface area contributed by atoms with E-state index in [1.165, 1.54) is 0 Å². The minimum atomic E-state index is -0.454. The van der Waals surface area contributed by atoms with Gasteiger partial charge in [0.25, 0.3) is 0 Å². The average Bonchev–Trinajstić information content (AvgIpc) is 2.13. The molecule has 0 spiro atoms. The Labute approximate surface area is 68.4 Å². The molecular weight excluding hydrogens is 231 g/mol. The highest BCUT2D eigenvalue weighted by molar-refractivity contribution is 14.1. The number of alkyl halides is 1. The summed E-state index contributed by atoms with van der Waals surface area (Å²) < 4.78 is 1.05. The van der Waals surface area contributed by atoms with Crippen LogP contribution in [0.15, 0.2) is 0 Å². The molecule has 0 amide bonds. The Morgan fingerprint density at radius 1 is 1.22 bits per heavy atom. The van der Waals surface area contributed by atoms with E-state index in [9.17, 15) is 0 Å². The molecule has 0 unspecified atom stereocenters. The number of rotatable bonds is 1. The molecule has 1 saturated carbocycles. The van der Waals surface area contributed by atoms with Crippen LogP contribution in [0.2, 0.25) is 0 Å². The summed E-state index contributed by atoms with van der Waals surface area (Å²) in [6, 6.07) is 0. The maximum absolute atomic E-state index is 9.05. The molecule has 3 atom stereocenters. The molecule has 0 aliphatic heterocycles. The van der Waals surface area contributed by atoms with Gasteiger partial charge in [-0.2, -0.15) is 0 Å². The van der Waals surface area contributed by atoms with E-state index in [0.717, 1.165) is 17.3 Å². The van der Waals surface area contributed by atoms with Crippen LogP contribution in [-0.2, 0) is 0 Å². The molecule has 0 saturated heterocycles. The van der Waals surface area contributed by atoms with Crippen LogP contribution in [0.3, 0.4) is 0 Å². The number of aliphatic hydroxyl groups excluding tert-OH is 2. The van der Waals surface area contributed by atoms with Crippen molar-refractivity contribution in [1.82, 2.24) is 0 Å². The maximum Gasteiger partial charge on any atom is 0.0802 e. The first-order valence-electron chi connectivity index (χ1n) is 3.16. The summed E-state index contributed by atoms with van der Waals surface area (Å²) in [5, 5.41) is 18.1. The molecule has 3 heteroatoms. The van der Waals surface area contributed by atoms with Gasteiger partial charge in [0, 0.05) is 4.43 Å². The van der Waals surface area contributed by atoms with Gasteiger partial charge in [0.2, 0.25) is 0 Å². The first kappa shape index (κ1) is 7.75. The van der Waals surface area contributed by atoms with Gasteiger partial charge in [-0.25, -0.2) is 0 Å². The molecule has 0 bridgehead atoms. The molecule has 0 aromatic carbocycles. The molecule has 2 nitrogen and oxygen atoms in total. The van der Waals surface area contributed by atoms with Crippen LogP contribution in [0.4, 0.5) is 0 Å². The van der Waals surface area contributed by atoms with Crippen molar-refractivity contribution in [3.8, 4) is 0 Å². The minimum Gasteiger partial charge on any atom is -0.390 e. The molecule has 1 aliphatic rings. The highest BCUT2D eigenvalue weighted by atomic mass is 127. The quantitative estimate of drug-likeness (QED) is 0.520. The summed E-state index contributed by atoms with van der Waals surface area (Å²) in [6.45, 7) is 0. The maximum atomic E-state index is 9.05. The molecule has 2 N–H and O–H groups in total. The van der Waals surface area contributed by atoms with Crippen LogP contribution >= 0.6 is 22.6 Å². The fourth-order valence-corrected chi connectivity index (χ4v) is 1.94. The molecule has 0 radical (unpaired) electrons. The summed E-state index contributed by atoms with van der Waals surface area (Å²) in [5.74, 6) is 0.538. The summed E-state index contributed by atoms with van der Waals surface area (Å²) in [5.41, 5.74) is 0. The molecule has 1 fully saturated rings. The van der Waals surface area contributed by atoms with Gasteiger partial charge < -0.3 is 10.2 Å². The van der Waals surface area contributed by atoms with E-state index in [2.05, 4.69) is 22.6 Å². The summed E-state index contributed by atoms with van der Waals surface area (Å²) >= 11 is 2.29. The van der Waals surface area contributed by atoms with Crippen LogP contribution in [0.25, 0.3) is 0 Å². The Hall–Kier alpha value is 0.650. The van der Waals surface area contributed by atoms with E-state index in [4.69, 9.17) is 10.2 Å². The second kappa shape index (κ2) is 3.16. The third-order valence-electron chi connectivity index (χ3n) is 1.81. The highest BCUT2D eigenvalue weighted by Crippen LogP contribution is 2.27. The Morgan fingerprint density at radius 3 is 1.89 bits per heavy atom. The monoisotopic (exact) mass is 242 g/mol. The predicted molar refractivity (Wildman–Crippen MR) is 43.6 cm³/mol. The van der Waals surface area contributed by atoms with Crippen molar-refractivity contribution in [3.63, 3.8) is 0 Å². The van der Waals surface area contributed by atoms with Crippen LogP contribution in [0, 0.1) is 5.92 Å². The molecule has 54 valence electrons. The van der Waals surface area contributed by atoms with E-state index in [1.807, 2.05) is 0 Å². The van der Waals surface area contributed by atoms with Gasteiger partial charge in [-0.15, -0.1) is 0 Å². The zero-order chi connectivity index (χ0) is 6.85. The van der Waals surface area contributed by atoms with Gasteiger partial charge in [0.1, 0.15) is 0 Å². The van der Waals surface area contributed by atoms with Crippen LogP contribution in [0.5, 0.6) is 0 Å².